The highest BCUT2D eigenvalue weighted by Crippen LogP contribution is 2.41. The summed E-state index contributed by atoms with van der Waals surface area (Å²) in [7, 11) is 0. The third-order valence-electron chi connectivity index (χ3n) is 8.49. The molecule has 2 aromatic carbocycles. The van der Waals surface area contributed by atoms with Crippen molar-refractivity contribution in [1.82, 2.24) is 19.9 Å². The van der Waals surface area contributed by atoms with Gasteiger partial charge in [0.05, 0.1) is 11.3 Å². The van der Waals surface area contributed by atoms with Gasteiger partial charge in [-0.3, -0.25) is 4.79 Å². The molecule has 2 aliphatic rings. The number of benzene rings is 2. The van der Waals surface area contributed by atoms with Gasteiger partial charge < -0.3 is 19.7 Å². The van der Waals surface area contributed by atoms with E-state index in [1.165, 1.54) is 0 Å². The Hall–Kier alpha value is -4.53. The highest BCUT2D eigenvalue weighted by Gasteiger charge is 2.38. The Labute approximate surface area is 264 Å². The van der Waals surface area contributed by atoms with Crippen molar-refractivity contribution < 1.29 is 19.1 Å². The van der Waals surface area contributed by atoms with Crippen LogP contribution in [0.25, 0.3) is 22.0 Å². The molecule has 9 nitrogen and oxygen atoms in total. The van der Waals surface area contributed by atoms with Gasteiger partial charge in [-0.2, -0.15) is 0 Å². The van der Waals surface area contributed by atoms with Gasteiger partial charge >= 0.3 is 6.09 Å². The minimum absolute atomic E-state index is 0.00586. The molecule has 2 fully saturated rings. The molecule has 1 saturated heterocycles. The zero-order chi connectivity index (χ0) is 31.7. The molecule has 1 amide bonds. The first-order chi connectivity index (χ1) is 21.6. The minimum atomic E-state index is -0.542. The van der Waals surface area contributed by atoms with Crippen LogP contribution in [0.1, 0.15) is 58.1 Å². The van der Waals surface area contributed by atoms with Crippen LogP contribution in [0.4, 0.5) is 10.7 Å². The third-order valence-corrected chi connectivity index (χ3v) is 8.49. The zero-order valence-electron chi connectivity index (χ0n) is 26.7. The highest BCUT2D eigenvalue weighted by atomic mass is 16.6. The van der Waals surface area contributed by atoms with Crippen molar-refractivity contribution in [2.24, 2.45) is 11.8 Å². The van der Waals surface area contributed by atoms with Gasteiger partial charge in [0.15, 0.2) is 0 Å². The van der Waals surface area contributed by atoms with Crippen LogP contribution < -0.4 is 10.1 Å². The van der Waals surface area contributed by atoms with Crippen molar-refractivity contribution >= 4 is 28.6 Å². The maximum Gasteiger partial charge on any atom is 0.410 e. The summed E-state index contributed by atoms with van der Waals surface area (Å²) < 4.78 is 12.2. The van der Waals surface area contributed by atoms with Gasteiger partial charge in [0.25, 0.3) is 0 Å². The van der Waals surface area contributed by atoms with Gasteiger partial charge in [-0.1, -0.05) is 37.3 Å². The van der Waals surface area contributed by atoms with Crippen molar-refractivity contribution in [3.8, 4) is 22.9 Å². The van der Waals surface area contributed by atoms with Crippen LogP contribution in [-0.2, 0) is 16.0 Å². The SMILES string of the molecule is Cc1ccc2c(CC(=O)[C@@H]3C[C@@H]3C)cccc2c1Oc1ncccc1-c1ccnc(N[C@H]2CCCN(C(=O)OC(C)(C)C)C2)n1. The number of hydrogen-bond donors (Lipinski definition) is 1. The Balaban J connectivity index is 1.23. The Kier molecular flexibility index (Phi) is 8.44. The van der Waals surface area contributed by atoms with Crippen molar-refractivity contribution in [2.75, 3.05) is 18.4 Å². The van der Waals surface area contributed by atoms with Gasteiger partial charge in [-0.05, 0) is 87.6 Å². The standard InChI is InChI=1S/C36H41N5O4/c1-22-13-14-26-24(20-31(42)29-19-23(29)2)9-6-11-27(26)32(22)44-33-28(12-7-16-37-33)30-15-17-38-34(40-30)39-25-10-8-18-41(21-25)35(43)45-36(3,4)5/h6-7,9,11-17,23,25,29H,8,10,18-21H2,1-5H3,(H,38,39,40)/t23-,25-,29+/m0/s1. The predicted molar refractivity (Wildman–Crippen MR) is 174 cm³/mol. The molecule has 3 heterocycles. The van der Waals surface area contributed by atoms with E-state index in [1.807, 2.05) is 70.2 Å². The predicted octanol–water partition coefficient (Wildman–Crippen LogP) is 7.37. The molecule has 2 aromatic heterocycles. The fourth-order valence-corrected chi connectivity index (χ4v) is 6.00. The number of fused-ring (bicyclic) bond motifs is 1. The highest BCUT2D eigenvalue weighted by molar-refractivity contribution is 5.96. The summed E-state index contributed by atoms with van der Waals surface area (Å²) >= 11 is 0. The summed E-state index contributed by atoms with van der Waals surface area (Å²) in [4.78, 5) is 41.1. The number of hydrogen-bond acceptors (Lipinski definition) is 8. The maximum atomic E-state index is 12.8. The van der Waals surface area contributed by atoms with E-state index in [0.717, 1.165) is 46.7 Å². The lowest BCUT2D eigenvalue weighted by molar-refractivity contribution is -0.119. The quantitative estimate of drug-likeness (QED) is 0.221. The van der Waals surface area contributed by atoms with Gasteiger partial charge in [-0.15, -0.1) is 0 Å². The first-order valence-electron chi connectivity index (χ1n) is 15.8. The van der Waals surface area contributed by atoms with Crippen LogP contribution >= 0.6 is 0 Å². The van der Waals surface area contributed by atoms with Crippen molar-refractivity contribution in [2.45, 2.75) is 71.9 Å². The minimum Gasteiger partial charge on any atom is -0.444 e. The molecule has 45 heavy (non-hydrogen) atoms. The van der Waals surface area contributed by atoms with Gasteiger partial charge in [0.2, 0.25) is 11.8 Å². The normalized spacial score (nSPS) is 19.7. The van der Waals surface area contributed by atoms with Crippen LogP contribution in [0.2, 0.25) is 0 Å². The zero-order valence-corrected chi connectivity index (χ0v) is 26.7. The molecular weight excluding hydrogens is 566 g/mol. The largest absolute Gasteiger partial charge is 0.444 e. The number of amides is 1. The number of Topliss-reactive ketones (excluding diaryl/α,β-unsaturated/α-hetero) is 1. The summed E-state index contributed by atoms with van der Waals surface area (Å²) in [5, 5.41) is 5.37. The third kappa shape index (κ3) is 7.08. The molecular formula is C36H41N5O4. The lowest BCUT2D eigenvalue weighted by Crippen LogP contribution is -2.47. The van der Waals surface area contributed by atoms with E-state index >= 15 is 0 Å². The summed E-state index contributed by atoms with van der Waals surface area (Å²) in [6, 6.07) is 15.8. The van der Waals surface area contributed by atoms with Crippen LogP contribution in [-0.4, -0.2) is 56.5 Å². The molecule has 3 atom stereocenters. The van der Waals surface area contributed by atoms with Crippen LogP contribution in [0.5, 0.6) is 11.6 Å². The second-order valence-corrected chi connectivity index (χ2v) is 13.3. The Bertz CT molecular complexity index is 1730. The maximum absolute atomic E-state index is 12.8. The summed E-state index contributed by atoms with van der Waals surface area (Å²) in [5.41, 5.74) is 2.84. The molecule has 9 heteroatoms. The van der Waals surface area contributed by atoms with E-state index in [1.54, 1.807) is 17.3 Å². The summed E-state index contributed by atoms with van der Waals surface area (Å²) in [6.45, 7) is 10.9. The lowest BCUT2D eigenvalue weighted by atomic mass is 9.96. The molecule has 1 saturated carbocycles. The second-order valence-electron chi connectivity index (χ2n) is 13.3. The average molecular weight is 608 g/mol. The van der Waals surface area contributed by atoms with Crippen molar-refractivity contribution in [3.63, 3.8) is 0 Å². The molecule has 0 bridgehead atoms. The Morgan fingerprint density at radius 1 is 1.02 bits per heavy atom. The second kappa shape index (κ2) is 12.5. The molecule has 1 aliphatic carbocycles. The number of likely N-dealkylation sites (tertiary alicyclic amines) is 1. The van der Waals surface area contributed by atoms with Gasteiger partial charge in [0.1, 0.15) is 17.1 Å². The van der Waals surface area contributed by atoms with Crippen molar-refractivity contribution in [3.05, 3.63) is 72.1 Å². The number of rotatable bonds is 8. The number of aromatic nitrogens is 3. The van der Waals surface area contributed by atoms with E-state index in [9.17, 15) is 9.59 Å². The molecule has 234 valence electrons. The molecule has 1 aliphatic heterocycles. The molecule has 4 aromatic rings. The molecule has 0 radical (unpaired) electrons. The summed E-state index contributed by atoms with van der Waals surface area (Å²) in [5.74, 6) is 2.59. The van der Waals surface area contributed by atoms with Crippen LogP contribution in [0.15, 0.2) is 60.9 Å². The number of carbonyl (C=O) groups is 2. The smallest absolute Gasteiger partial charge is 0.410 e. The Morgan fingerprint density at radius 3 is 2.62 bits per heavy atom. The number of nitrogens with zero attached hydrogens (tertiary/aromatic N) is 4. The average Bonchev–Trinajstić information content (AvgIpc) is 3.75. The molecule has 0 spiro atoms. The number of anilines is 1. The number of ketones is 1. The Morgan fingerprint density at radius 2 is 1.84 bits per heavy atom. The summed E-state index contributed by atoms with van der Waals surface area (Å²) in [6.07, 6.45) is 6.28. The van der Waals surface area contributed by atoms with Gasteiger partial charge in [-0.25, -0.2) is 19.7 Å². The monoisotopic (exact) mass is 607 g/mol. The van der Waals surface area contributed by atoms with E-state index < -0.39 is 5.60 Å². The van der Waals surface area contributed by atoms with E-state index in [2.05, 4.69) is 28.3 Å². The van der Waals surface area contributed by atoms with E-state index in [0.29, 0.717) is 54.5 Å². The molecule has 6 rings (SSSR count). The lowest BCUT2D eigenvalue weighted by Gasteiger charge is -2.34. The fourth-order valence-electron chi connectivity index (χ4n) is 6.00. The first-order valence-corrected chi connectivity index (χ1v) is 15.8. The van der Waals surface area contributed by atoms with Gasteiger partial charge in [0, 0.05) is 49.2 Å². The number of carbonyl (C=O) groups excluding carboxylic acids is 2. The number of piperidine rings is 1. The van der Waals surface area contributed by atoms with Crippen LogP contribution in [0.3, 0.4) is 0 Å². The molecule has 1 N–H and O–H groups in total. The van der Waals surface area contributed by atoms with Crippen LogP contribution in [0, 0.1) is 18.8 Å². The van der Waals surface area contributed by atoms with Crippen molar-refractivity contribution in [1.29, 1.82) is 0 Å². The van der Waals surface area contributed by atoms with E-state index in [4.69, 9.17) is 14.5 Å². The first kappa shape index (κ1) is 30.5. The van der Waals surface area contributed by atoms with E-state index in [-0.39, 0.29) is 18.1 Å². The number of nitrogens with one attached hydrogen (secondary N) is 1. The number of ether oxygens (including phenoxy) is 2. The number of aryl methyl sites for hydroxylation is 1. The fraction of sp³-hybridized carbons (Fsp3) is 0.417. The topological polar surface area (TPSA) is 107 Å². The molecule has 0 unspecified atom stereocenters. The number of pyridine rings is 1.